The van der Waals surface area contributed by atoms with Crippen molar-refractivity contribution in [2.24, 2.45) is 28.6 Å². The Bertz CT molecular complexity index is 1090. The van der Waals surface area contributed by atoms with E-state index in [2.05, 4.69) is 0 Å². The number of aliphatic hydroxyl groups is 6. The highest BCUT2D eigenvalue weighted by Gasteiger charge is 2.75. The number of allylic oxidation sites excluding steroid dienone is 4. The first kappa shape index (κ1) is 28.9. The largest absolute Gasteiger partial charge is 0.394 e. The second kappa shape index (κ2) is 9.49. The number of Topliss-reactive ketones (excluding diaryl/α,β-unsaturated/α-hetero) is 1. The summed E-state index contributed by atoms with van der Waals surface area (Å²) in [6, 6.07) is 0. The Kier molecular flexibility index (Phi) is 7.04. The van der Waals surface area contributed by atoms with Gasteiger partial charge in [0.25, 0.3) is 0 Å². The molecule has 0 amide bonds. The first-order valence-electron chi connectivity index (χ1n) is 13.7. The number of hydrogen-bond acceptors (Lipinski definition) is 10. The van der Waals surface area contributed by atoms with Crippen LogP contribution in [-0.2, 0) is 19.1 Å². The molecule has 5 aliphatic rings. The molecule has 3 saturated carbocycles. The number of aliphatic hydroxyl groups excluding tert-OH is 5. The highest BCUT2D eigenvalue weighted by Crippen LogP contribution is 2.70. The Hall–Kier alpha value is -1.57. The first-order valence-corrected chi connectivity index (χ1v) is 13.7. The third-order valence-corrected chi connectivity index (χ3v) is 10.9. The fourth-order valence-electron chi connectivity index (χ4n) is 8.61. The molecular weight excluding hydrogens is 515 g/mol. The van der Waals surface area contributed by atoms with E-state index in [-0.39, 0.29) is 12.2 Å². The summed E-state index contributed by atoms with van der Waals surface area (Å²) in [5, 5.41) is 63.1. The van der Waals surface area contributed by atoms with Gasteiger partial charge in [-0.2, -0.15) is 0 Å². The van der Waals surface area contributed by atoms with E-state index in [1.165, 1.54) is 12.2 Å². The van der Waals surface area contributed by atoms with Gasteiger partial charge in [0.2, 0.25) is 0 Å². The Morgan fingerprint density at radius 1 is 1.15 bits per heavy atom. The number of rotatable bonds is 5. The predicted molar refractivity (Wildman–Crippen MR) is 133 cm³/mol. The van der Waals surface area contributed by atoms with Gasteiger partial charge in [-0.25, -0.2) is 4.39 Å². The van der Waals surface area contributed by atoms with Crippen LogP contribution in [0, 0.1) is 28.6 Å². The monoisotopic (exact) mass is 554 g/mol. The van der Waals surface area contributed by atoms with Gasteiger partial charge < -0.3 is 40.1 Å². The van der Waals surface area contributed by atoms with Crippen molar-refractivity contribution in [3.8, 4) is 0 Å². The zero-order valence-corrected chi connectivity index (χ0v) is 22.4. The zero-order chi connectivity index (χ0) is 28.7. The molecular formula is C28H39FO10. The van der Waals surface area contributed by atoms with E-state index >= 15 is 4.39 Å². The molecule has 13 atom stereocenters. The summed E-state index contributed by atoms with van der Waals surface area (Å²) in [6.07, 6.45) is -3.99. The maximum absolute atomic E-state index is 17.3. The Balaban J connectivity index is 1.40. The molecule has 4 aliphatic carbocycles. The highest BCUT2D eigenvalue weighted by molar-refractivity contribution is 6.01. The molecule has 39 heavy (non-hydrogen) atoms. The van der Waals surface area contributed by atoms with Crippen molar-refractivity contribution in [1.82, 2.24) is 0 Å². The molecule has 1 aliphatic heterocycles. The molecule has 0 spiro atoms. The van der Waals surface area contributed by atoms with Crippen LogP contribution in [0.2, 0.25) is 0 Å². The van der Waals surface area contributed by atoms with E-state index in [9.17, 15) is 40.2 Å². The van der Waals surface area contributed by atoms with Crippen molar-refractivity contribution < 1.29 is 54.1 Å². The van der Waals surface area contributed by atoms with Crippen LogP contribution >= 0.6 is 0 Å². The lowest BCUT2D eigenvalue weighted by atomic mass is 9.44. The molecule has 0 aromatic carbocycles. The average molecular weight is 555 g/mol. The maximum Gasteiger partial charge on any atom is 0.190 e. The van der Waals surface area contributed by atoms with Crippen LogP contribution < -0.4 is 0 Å². The summed E-state index contributed by atoms with van der Waals surface area (Å²) in [6.45, 7) is 3.72. The SMILES string of the molecule is CC1CC2C3CCC4=CC(=O)C=CC4(C)[C@@]3(F)C(O)CC2(C)[C@@]1(O)C(=O)CO[C@@H]1O[C@@H](CO)[C@@H](O)[C@H](O)[C@H]1O. The molecule has 0 aromatic rings. The Morgan fingerprint density at radius 2 is 1.85 bits per heavy atom. The molecule has 6 unspecified atom stereocenters. The molecule has 6 N–H and O–H groups in total. The molecule has 1 saturated heterocycles. The van der Waals surface area contributed by atoms with Crippen LogP contribution in [0.1, 0.15) is 46.5 Å². The van der Waals surface area contributed by atoms with E-state index in [4.69, 9.17) is 9.47 Å². The molecule has 1 heterocycles. The second-order valence-corrected chi connectivity index (χ2v) is 12.6. The number of hydrogen-bond donors (Lipinski definition) is 6. The molecule has 0 bridgehead atoms. The summed E-state index contributed by atoms with van der Waals surface area (Å²) in [7, 11) is 0. The van der Waals surface area contributed by atoms with Crippen LogP contribution in [0.4, 0.5) is 4.39 Å². The van der Waals surface area contributed by atoms with Crippen molar-refractivity contribution in [3.63, 3.8) is 0 Å². The summed E-state index contributed by atoms with van der Waals surface area (Å²) >= 11 is 0. The number of carbonyl (C=O) groups excluding carboxylic acids is 2. The van der Waals surface area contributed by atoms with E-state index in [1.807, 2.05) is 0 Å². The Labute approximate surface area is 226 Å². The predicted octanol–water partition coefficient (Wildman–Crippen LogP) is -0.280. The second-order valence-electron chi connectivity index (χ2n) is 12.6. The molecule has 0 aromatic heterocycles. The molecule has 4 fully saturated rings. The highest BCUT2D eigenvalue weighted by atomic mass is 19.1. The van der Waals surface area contributed by atoms with Crippen LogP contribution in [-0.4, -0.2) is 103 Å². The minimum Gasteiger partial charge on any atom is -0.394 e. The minimum absolute atomic E-state index is 0.193. The topological polar surface area (TPSA) is 174 Å². The van der Waals surface area contributed by atoms with Crippen molar-refractivity contribution in [2.45, 2.75) is 94.5 Å². The fraction of sp³-hybridized carbons (Fsp3) is 0.786. The maximum atomic E-state index is 17.3. The van der Waals surface area contributed by atoms with E-state index in [1.54, 1.807) is 26.8 Å². The number of alkyl halides is 1. The van der Waals surface area contributed by atoms with Gasteiger partial charge in [-0.05, 0) is 56.6 Å². The number of carbonyl (C=O) groups is 2. The summed E-state index contributed by atoms with van der Waals surface area (Å²) in [4.78, 5) is 25.7. The summed E-state index contributed by atoms with van der Waals surface area (Å²) in [5.74, 6) is -2.69. The average Bonchev–Trinajstić information content (AvgIpc) is 3.09. The van der Waals surface area contributed by atoms with Crippen LogP contribution in [0.5, 0.6) is 0 Å². The number of halogens is 1. The van der Waals surface area contributed by atoms with E-state index < -0.39 is 95.7 Å². The third kappa shape index (κ3) is 3.74. The first-order chi connectivity index (χ1) is 18.2. The lowest BCUT2D eigenvalue weighted by Gasteiger charge is -2.62. The molecule has 11 heteroatoms. The van der Waals surface area contributed by atoms with Gasteiger partial charge in [-0.15, -0.1) is 0 Å². The minimum atomic E-state index is -2.10. The summed E-state index contributed by atoms with van der Waals surface area (Å²) in [5.41, 5.74) is -5.84. The van der Waals surface area contributed by atoms with E-state index in [0.717, 1.165) is 0 Å². The molecule has 218 valence electrons. The Morgan fingerprint density at radius 3 is 2.51 bits per heavy atom. The van der Waals surface area contributed by atoms with Crippen LogP contribution in [0.3, 0.4) is 0 Å². The van der Waals surface area contributed by atoms with Crippen molar-refractivity contribution >= 4 is 11.6 Å². The van der Waals surface area contributed by atoms with Crippen molar-refractivity contribution in [3.05, 3.63) is 23.8 Å². The lowest BCUT2D eigenvalue weighted by molar-refractivity contribution is -0.300. The van der Waals surface area contributed by atoms with Crippen LogP contribution in [0.15, 0.2) is 23.8 Å². The van der Waals surface area contributed by atoms with Gasteiger partial charge in [0, 0.05) is 16.7 Å². The summed E-state index contributed by atoms with van der Waals surface area (Å²) < 4.78 is 28.0. The van der Waals surface area contributed by atoms with Gasteiger partial charge in [-0.1, -0.05) is 25.5 Å². The fourth-order valence-corrected chi connectivity index (χ4v) is 8.61. The number of ketones is 2. The standard InChI is InChI=1S/C28H39FO10/c1-13-8-17-16-5-4-14-9-15(31)6-7-25(14,2)27(16,29)19(32)10-26(17,3)28(13,37)20(33)12-38-24-23(36)22(35)21(34)18(11-30)39-24/h6-7,9,13,16-19,21-24,30,32,34-37H,4-5,8,10-12H2,1-3H3/t13?,16?,17?,18-,19?,21+,22-,23+,24+,25?,26?,27-,28-/m0/s1. The number of fused-ring (bicyclic) bond motifs is 5. The van der Waals surface area contributed by atoms with Gasteiger partial charge in [-0.3, -0.25) is 9.59 Å². The van der Waals surface area contributed by atoms with Crippen molar-refractivity contribution in [2.75, 3.05) is 13.2 Å². The van der Waals surface area contributed by atoms with Gasteiger partial charge >= 0.3 is 0 Å². The molecule has 5 rings (SSSR count). The normalized spacial score (nSPS) is 53.0. The lowest BCUT2D eigenvalue weighted by Crippen LogP contribution is -2.69. The molecule has 0 radical (unpaired) electrons. The van der Waals surface area contributed by atoms with Gasteiger partial charge in [0.1, 0.15) is 36.6 Å². The third-order valence-electron chi connectivity index (χ3n) is 10.9. The van der Waals surface area contributed by atoms with Gasteiger partial charge in [0.15, 0.2) is 23.5 Å². The zero-order valence-electron chi connectivity index (χ0n) is 22.4. The number of ether oxygens (including phenoxy) is 2. The van der Waals surface area contributed by atoms with Gasteiger partial charge in [0.05, 0.1) is 12.7 Å². The molecule has 10 nitrogen and oxygen atoms in total. The van der Waals surface area contributed by atoms with E-state index in [0.29, 0.717) is 24.8 Å². The smallest absolute Gasteiger partial charge is 0.190 e. The van der Waals surface area contributed by atoms with Crippen LogP contribution in [0.25, 0.3) is 0 Å². The van der Waals surface area contributed by atoms with Crippen molar-refractivity contribution in [1.29, 1.82) is 0 Å². The quantitative estimate of drug-likeness (QED) is 0.265.